The number of rotatable bonds is 2. The third-order valence-corrected chi connectivity index (χ3v) is 2.79. The van der Waals surface area contributed by atoms with E-state index in [9.17, 15) is 9.18 Å². The van der Waals surface area contributed by atoms with Crippen molar-refractivity contribution in [3.63, 3.8) is 0 Å². The van der Waals surface area contributed by atoms with Crippen LogP contribution in [0.2, 0.25) is 0 Å². The van der Waals surface area contributed by atoms with E-state index >= 15 is 0 Å². The number of nitrogens with zero attached hydrogens (tertiary/aromatic N) is 1. The number of aromatic nitrogens is 1. The summed E-state index contributed by atoms with van der Waals surface area (Å²) in [5, 5.41) is 0. The lowest BCUT2D eigenvalue weighted by molar-refractivity contribution is 0.0210. The van der Waals surface area contributed by atoms with Crippen LogP contribution in [0.15, 0.2) is 18.3 Å². The topological polar surface area (TPSA) is 39.2 Å². The van der Waals surface area contributed by atoms with Crippen molar-refractivity contribution in [2.24, 2.45) is 0 Å². The van der Waals surface area contributed by atoms with Gasteiger partial charge in [-0.3, -0.25) is 0 Å². The molecular formula is C12H14FNO2. The van der Waals surface area contributed by atoms with Crippen molar-refractivity contribution in [2.45, 2.75) is 38.2 Å². The molecule has 0 unspecified atom stereocenters. The summed E-state index contributed by atoms with van der Waals surface area (Å²) >= 11 is 0. The zero-order chi connectivity index (χ0) is 11.4. The molecule has 4 heteroatoms. The number of pyridine rings is 1. The largest absolute Gasteiger partial charge is 0.459 e. The Kier molecular flexibility index (Phi) is 3.49. The van der Waals surface area contributed by atoms with E-state index in [4.69, 9.17) is 4.74 Å². The van der Waals surface area contributed by atoms with Gasteiger partial charge in [0.1, 0.15) is 6.10 Å². The number of carbonyl (C=O) groups excluding carboxylic acids is 1. The van der Waals surface area contributed by atoms with Gasteiger partial charge in [-0.2, -0.15) is 4.39 Å². The van der Waals surface area contributed by atoms with Crippen LogP contribution in [0.4, 0.5) is 4.39 Å². The Morgan fingerprint density at radius 1 is 1.31 bits per heavy atom. The Labute approximate surface area is 93.6 Å². The van der Waals surface area contributed by atoms with Crippen molar-refractivity contribution in [1.82, 2.24) is 4.98 Å². The molecule has 1 aliphatic carbocycles. The molecule has 16 heavy (non-hydrogen) atoms. The quantitative estimate of drug-likeness (QED) is 0.571. The summed E-state index contributed by atoms with van der Waals surface area (Å²) in [5.74, 6) is -0.992. The predicted octanol–water partition coefficient (Wildman–Crippen LogP) is 2.71. The molecule has 0 bridgehead atoms. The standard InChI is InChI=1S/C12H14FNO2/c13-11-7-6-9(8-14-11)12(15)16-10-4-2-1-3-5-10/h6-8,10H,1-5H2. The highest BCUT2D eigenvalue weighted by Crippen LogP contribution is 2.21. The summed E-state index contributed by atoms with van der Waals surface area (Å²) in [6.45, 7) is 0. The van der Waals surface area contributed by atoms with Crippen molar-refractivity contribution >= 4 is 5.97 Å². The first-order chi connectivity index (χ1) is 7.75. The second-order valence-electron chi connectivity index (χ2n) is 4.03. The Bertz CT molecular complexity index is 358. The molecule has 1 aromatic rings. The van der Waals surface area contributed by atoms with E-state index in [1.165, 1.54) is 18.7 Å². The van der Waals surface area contributed by atoms with Crippen molar-refractivity contribution in [3.8, 4) is 0 Å². The minimum atomic E-state index is -0.589. The van der Waals surface area contributed by atoms with E-state index in [-0.39, 0.29) is 6.10 Å². The molecular weight excluding hydrogens is 209 g/mol. The van der Waals surface area contributed by atoms with Crippen molar-refractivity contribution in [2.75, 3.05) is 0 Å². The number of halogens is 1. The van der Waals surface area contributed by atoms with Gasteiger partial charge in [-0.15, -0.1) is 0 Å². The van der Waals surface area contributed by atoms with Crippen LogP contribution in [0, 0.1) is 5.95 Å². The first-order valence-corrected chi connectivity index (χ1v) is 5.58. The average Bonchev–Trinajstić information content (AvgIpc) is 2.31. The SMILES string of the molecule is O=C(OC1CCCCC1)c1ccc(F)nc1. The molecule has 0 aliphatic heterocycles. The van der Waals surface area contributed by atoms with E-state index < -0.39 is 11.9 Å². The Morgan fingerprint density at radius 3 is 2.69 bits per heavy atom. The van der Waals surface area contributed by atoms with Gasteiger partial charge in [-0.25, -0.2) is 9.78 Å². The second-order valence-corrected chi connectivity index (χ2v) is 4.03. The summed E-state index contributed by atoms with van der Waals surface area (Å²) in [7, 11) is 0. The molecule has 0 spiro atoms. The van der Waals surface area contributed by atoms with Crippen LogP contribution in [-0.2, 0) is 4.74 Å². The highest BCUT2D eigenvalue weighted by Gasteiger charge is 2.18. The van der Waals surface area contributed by atoms with Crippen LogP contribution in [0.1, 0.15) is 42.5 Å². The fourth-order valence-electron chi connectivity index (χ4n) is 1.90. The first kappa shape index (κ1) is 11.0. The van der Waals surface area contributed by atoms with Gasteiger partial charge in [0.15, 0.2) is 0 Å². The molecule has 0 amide bonds. The lowest BCUT2D eigenvalue weighted by Crippen LogP contribution is -2.21. The highest BCUT2D eigenvalue weighted by atomic mass is 19.1. The van der Waals surface area contributed by atoms with Gasteiger partial charge in [0.05, 0.1) is 5.56 Å². The lowest BCUT2D eigenvalue weighted by Gasteiger charge is -2.21. The molecule has 0 atom stereocenters. The van der Waals surface area contributed by atoms with Crippen molar-refractivity contribution < 1.29 is 13.9 Å². The third-order valence-electron chi connectivity index (χ3n) is 2.79. The maximum absolute atomic E-state index is 12.5. The van der Waals surface area contributed by atoms with Crippen LogP contribution in [0.25, 0.3) is 0 Å². The van der Waals surface area contributed by atoms with Crippen LogP contribution < -0.4 is 0 Å². The number of hydrogen-bond acceptors (Lipinski definition) is 3. The van der Waals surface area contributed by atoms with Crippen LogP contribution in [0.3, 0.4) is 0 Å². The van der Waals surface area contributed by atoms with E-state index in [1.807, 2.05) is 0 Å². The van der Waals surface area contributed by atoms with Gasteiger partial charge in [-0.1, -0.05) is 6.42 Å². The summed E-state index contributed by atoms with van der Waals surface area (Å²) in [6.07, 6.45) is 6.53. The summed E-state index contributed by atoms with van der Waals surface area (Å²) < 4.78 is 17.9. The minimum Gasteiger partial charge on any atom is -0.459 e. The summed E-state index contributed by atoms with van der Waals surface area (Å²) in [4.78, 5) is 15.1. The minimum absolute atomic E-state index is 0.0197. The molecule has 1 saturated carbocycles. The maximum atomic E-state index is 12.5. The van der Waals surface area contributed by atoms with E-state index in [2.05, 4.69) is 4.98 Å². The summed E-state index contributed by atoms with van der Waals surface area (Å²) in [5.41, 5.74) is 0.312. The number of ether oxygens (including phenoxy) is 1. The molecule has 0 N–H and O–H groups in total. The molecule has 3 nitrogen and oxygen atoms in total. The molecule has 86 valence electrons. The highest BCUT2D eigenvalue weighted by molar-refractivity contribution is 5.89. The van der Waals surface area contributed by atoms with Crippen LogP contribution in [0.5, 0.6) is 0 Å². The van der Waals surface area contributed by atoms with E-state index in [0.717, 1.165) is 31.7 Å². The number of esters is 1. The lowest BCUT2D eigenvalue weighted by atomic mass is 9.98. The normalized spacial score (nSPS) is 17.1. The van der Waals surface area contributed by atoms with E-state index in [1.54, 1.807) is 0 Å². The van der Waals surface area contributed by atoms with Crippen molar-refractivity contribution in [1.29, 1.82) is 0 Å². The van der Waals surface area contributed by atoms with Crippen molar-refractivity contribution in [3.05, 3.63) is 29.8 Å². The molecule has 1 fully saturated rings. The second kappa shape index (κ2) is 5.05. The fraction of sp³-hybridized carbons (Fsp3) is 0.500. The Morgan fingerprint density at radius 2 is 2.06 bits per heavy atom. The monoisotopic (exact) mass is 223 g/mol. The van der Waals surface area contributed by atoms with E-state index in [0.29, 0.717) is 5.56 Å². The molecule has 1 aliphatic rings. The molecule has 0 aromatic carbocycles. The smallest absolute Gasteiger partial charge is 0.339 e. The van der Waals surface area contributed by atoms with Gasteiger partial charge in [-0.05, 0) is 37.8 Å². The van der Waals surface area contributed by atoms with Gasteiger partial charge < -0.3 is 4.74 Å². The molecule has 0 saturated heterocycles. The number of carbonyl (C=O) groups is 1. The van der Waals surface area contributed by atoms with Crippen LogP contribution in [-0.4, -0.2) is 17.1 Å². The maximum Gasteiger partial charge on any atom is 0.339 e. The Balaban J connectivity index is 1.94. The average molecular weight is 223 g/mol. The predicted molar refractivity (Wildman–Crippen MR) is 56.5 cm³/mol. The zero-order valence-electron chi connectivity index (χ0n) is 8.99. The van der Waals surface area contributed by atoms with Gasteiger partial charge in [0, 0.05) is 6.20 Å². The van der Waals surface area contributed by atoms with Gasteiger partial charge >= 0.3 is 5.97 Å². The molecule has 0 radical (unpaired) electrons. The summed E-state index contributed by atoms with van der Waals surface area (Å²) in [6, 6.07) is 2.56. The Hall–Kier alpha value is -1.45. The molecule has 1 heterocycles. The first-order valence-electron chi connectivity index (χ1n) is 5.58. The van der Waals surface area contributed by atoms with Gasteiger partial charge in [0.2, 0.25) is 5.95 Å². The van der Waals surface area contributed by atoms with Gasteiger partial charge in [0.25, 0.3) is 0 Å². The number of hydrogen-bond donors (Lipinski definition) is 0. The molecule has 1 aromatic heterocycles. The fourth-order valence-corrected chi connectivity index (χ4v) is 1.90. The molecule has 2 rings (SSSR count). The third kappa shape index (κ3) is 2.78. The zero-order valence-corrected chi connectivity index (χ0v) is 8.99. The van der Waals surface area contributed by atoms with Crippen LogP contribution >= 0.6 is 0 Å².